The van der Waals surface area contributed by atoms with Gasteiger partial charge in [0, 0.05) is 12.2 Å². The lowest BCUT2D eigenvalue weighted by Gasteiger charge is -2.33. The molecule has 0 radical (unpaired) electrons. The number of hydrogen-bond donors (Lipinski definition) is 1. The molecule has 0 fully saturated rings. The van der Waals surface area contributed by atoms with Crippen LogP contribution in [0.15, 0.2) is 84.9 Å². The van der Waals surface area contributed by atoms with E-state index in [2.05, 4.69) is 72.9 Å². The molecule has 1 N–H and O–H groups in total. The fraction of sp³-hybridized carbons (Fsp3) is 0.321. The molecule has 0 aliphatic rings. The molecule has 168 valence electrons. The number of benzene rings is 3. The fourth-order valence-corrected chi connectivity index (χ4v) is 9.56. The van der Waals surface area contributed by atoms with Crippen molar-refractivity contribution in [1.82, 2.24) is 0 Å². The van der Waals surface area contributed by atoms with Crippen LogP contribution in [0.2, 0.25) is 12.1 Å². The Kier molecular flexibility index (Phi) is 9.11. The Bertz CT molecular complexity index is 903. The summed E-state index contributed by atoms with van der Waals surface area (Å²) in [6.07, 6.45) is 3.59. The normalized spacial score (nSPS) is 11.2. The van der Waals surface area contributed by atoms with Gasteiger partial charge in [-0.05, 0) is 49.7 Å². The van der Waals surface area contributed by atoms with Gasteiger partial charge in [0.2, 0.25) is 0 Å². The molecule has 0 saturated carbocycles. The van der Waals surface area contributed by atoms with E-state index in [1.807, 2.05) is 31.2 Å². The van der Waals surface area contributed by atoms with Crippen molar-refractivity contribution < 1.29 is 9.53 Å². The molecule has 0 aliphatic heterocycles. The largest absolute Gasteiger partial charge is 0.462 e. The summed E-state index contributed by atoms with van der Waals surface area (Å²) in [4.78, 5) is 11.8. The predicted molar refractivity (Wildman–Crippen MR) is 138 cm³/mol. The van der Waals surface area contributed by atoms with Crippen LogP contribution in [0.3, 0.4) is 0 Å². The number of unbranched alkanes of at least 4 members (excludes halogenated alkanes) is 1. The van der Waals surface area contributed by atoms with Gasteiger partial charge in [0.25, 0.3) is 0 Å². The molecule has 0 spiro atoms. The smallest absolute Gasteiger partial charge is 0.338 e. The first-order chi connectivity index (χ1) is 15.7. The molecule has 0 saturated heterocycles. The summed E-state index contributed by atoms with van der Waals surface area (Å²) in [5, 5.41) is 6.62. The number of carbonyl (C=O) groups is 1. The lowest BCUT2D eigenvalue weighted by Crippen LogP contribution is -2.58. The maximum Gasteiger partial charge on any atom is 0.338 e. The third kappa shape index (κ3) is 6.10. The Morgan fingerprint density at radius 3 is 1.88 bits per heavy atom. The number of hydrogen-bond acceptors (Lipinski definition) is 3. The number of rotatable bonds is 12. The van der Waals surface area contributed by atoms with Crippen LogP contribution in [0, 0.1) is 0 Å². The van der Waals surface area contributed by atoms with Crippen molar-refractivity contribution in [1.29, 1.82) is 0 Å². The Balaban J connectivity index is 1.71. The third-order valence-electron chi connectivity index (χ3n) is 6.12. The molecule has 0 aliphatic carbocycles. The number of ether oxygens (including phenoxy) is 1. The summed E-state index contributed by atoms with van der Waals surface area (Å²) >= 11 is 0. The lowest BCUT2D eigenvalue weighted by molar-refractivity contribution is 0.0526. The Hall–Kier alpha value is -2.85. The number of nitrogens with one attached hydrogen (secondary N) is 1. The summed E-state index contributed by atoms with van der Waals surface area (Å²) in [5.41, 5.74) is 1.63. The highest BCUT2D eigenvalue weighted by molar-refractivity contribution is 7.02. The fourth-order valence-electron chi connectivity index (χ4n) is 4.42. The zero-order valence-electron chi connectivity index (χ0n) is 19.3. The van der Waals surface area contributed by atoms with Gasteiger partial charge in [-0.1, -0.05) is 90.8 Å². The first-order valence-corrected chi connectivity index (χ1v) is 14.2. The van der Waals surface area contributed by atoms with Gasteiger partial charge in [-0.2, -0.15) is 0 Å². The minimum Gasteiger partial charge on any atom is -0.462 e. The second kappa shape index (κ2) is 12.3. The maximum absolute atomic E-state index is 11.8. The second-order valence-corrected chi connectivity index (χ2v) is 12.6. The number of esters is 1. The Morgan fingerprint density at radius 1 is 0.781 bits per heavy atom. The third-order valence-corrected chi connectivity index (χ3v) is 11.4. The van der Waals surface area contributed by atoms with Crippen LogP contribution in [-0.4, -0.2) is 27.2 Å². The average Bonchev–Trinajstić information content (AvgIpc) is 2.85. The SMILES string of the molecule is CCCC[Si](CCCNc1ccc(C(=O)OCC)cc1)(c1ccccc1)c1ccccc1. The van der Waals surface area contributed by atoms with Crippen molar-refractivity contribution in [2.45, 2.75) is 45.2 Å². The quantitative estimate of drug-likeness (QED) is 0.220. The van der Waals surface area contributed by atoms with Crippen molar-refractivity contribution >= 4 is 30.1 Å². The highest BCUT2D eigenvalue weighted by atomic mass is 28.3. The van der Waals surface area contributed by atoms with E-state index in [4.69, 9.17) is 4.74 Å². The van der Waals surface area contributed by atoms with Gasteiger partial charge in [-0.3, -0.25) is 0 Å². The minimum absolute atomic E-state index is 0.267. The highest BCUT2D eigenvalue weighted by Crippen LogP contribution is 2.22. The first-order valence-electron chi connectivity index (χ1n) is 11.8. The first kappa shape index (κ1) is 23.8. The molecule has 0 aromatic heterocycles. The van der Waals surface area contributed by atoms with E-state index >= 15 is 0 Å². The van der Waals surface area contributed by atoms with Crippen LogP contribution < -0.4 is 15.7 Å². The van der Waals surface area contributed by atoms with Crippen LogP contribution in [0.1, 0.15) is 43.5 Å². The molecular formula is C28H35NO2Si. The van der Waals surface area contributed by atoms with Gasteiger partial charge in [0.05, 0.1) is 12.2 Å². The van der Waals surface area contributed by atoms with E-state index < -0.39 is 8.07 Å². The minimum atomic E-state index is -1.84. The van der Waals surface area contributed by atoms with E-state index in [1.165, 1.54) is 24.9 Å². The molecule has 3 nitrogen and oxygen atoms in total. The molecule has 32 heavy (non-hydrogen) atoms. The van der Waals surface area contributed by atoms with Crippen molar-refractivity contribution in [2.75, 3.05) is 18.5 Å². The number of carbonyl (C=O) groups excluding carboxylic acids is 1. The monoisotopic (exact) mass is 445 g/mol. The van der Waals surface area contributed by atoms with Gasteiger partial charge in [-0.15, -0.1) is 0 Å². The van der Waals surface area contributed by atoms with Gasteiger partial charge in [-0.25, -0.2) is 4.79 Å². The van der Waals surface area contributed by atoms with Gasteiger partial charge in [0.15, 0.2) is 0 Å². The van der Waals surface area contributed by atoms with Crippen LogP contribution >= 0.6 is 0 Å². The molecule has 0 heterocycles. The molecule has 0 amide bonds. The highest BCUT2D eigenvalue weighted by Gasteiger charge is 2.35. The van der Waals surface area contributed by atoms with Crippen LogP contribution in [0.5, 0.6) is 0 Å². The zero-order chi connectivity index (χ0) is 22.7. The molecule has 0 bridgehead atoms. The predicted octanol–water partition coefficient (Wildman–Crippen LogP) is 5.73. The van der Waals surface area contributed by atoms with Crippen LogP contribution in [0.4, 0.5) is 5.69 Å². The van der Waals surface area contributed by atoms with Crippen LogP contribution in [0.25, 0.3) is 0 Å². The summed E-state index contributed by atoms with van der Waals surface area (Å²) in [5.74, 6) is -0.267. The van der Waals surface area contributed by atoms with E-state index in [0.717, 1.165) is 18.7 Å². The van der Waals surface area contributed by atoms with Crippen molar-refractivity contribution in [3.63, 3.8) is 0 Å². The summed E-state index contributed by atoms with van der Waals surface area (Å²) in [6.45, 7) is 5.42. The van der Waals surface area contributed by atoms with Gasteiger partial charge in [0.1, 0.15) is 8.07 Å². The summed E-state index contributed by atoms with van der Waals surface area (Å²) in [6, 6.07) is 32.5. The summed E-state index contributed by atoms with van der Waals surface area (Å²) in [7, 11) is -1.84. The lowest BCUT2D eigenvalue weighted by atomic mass is 10.2. The van der Waals surface area contributed by atoms with Gasteiger partial charge >= 0.3 is 5.97 Å². The molecule has 4 heteroatoms. The van der Waals surface area contributed by atoms with Crippen molar-refractivity contribution in [3.8, 4) is 0 Å². The molecule has 3 aromatic carbocycles. The van der Waals surface area contributed by atoms with E-state index in [9.17, 15) is 4.79 Å². The molecular weight excluding hydrogens is 410 g/mol. The second-order valence-electron chi connectivity index (χ2n) is 8.25. The topological polar surface area (TPSA) is 38.3 Å². The summed E-state index contributed by atoms with van der Waals surface area (Å²) < 4.78 is 5.07. The Morgan fingerprint density at radius 2 is 1.34 bits per heavy atom. The van der Waals surface area contributed by atoms with E-state index in [0.29, 0.717) is 12.2 Å². The Labute approximate surface area is 193 Å². The standard InChI is InChI=1S/C28H35NO2Si/c1-3-5-22-32(26-13-8-6-9-14-26,27-15-10-7-11-16-27)23-12-21-29-25-19-17-24(18-20-25)28(30)31-4-2/h6-11,13-20,29H,3-5,12,21-23H2,1-2H3. The van der Waals surface area contributed by atoms with Crippen molar-refractivity contribution in [2.24, 2.45) is 0 Å². The molecule has 0 atom stereocenters. The maximum atomic E-state index is 11.8. The molecule has 3 aromatic rings. The zero-order valence-corrected chi connectivity index (χ0v) is 20.3. The number of anilines is 1. The van der Waals surface area contributed by atoms with Crippen LogP contribution in [-0.2, 0) is 4.74 Å². The molecule has 0 unspecified atom stereocenters. The van der Waals surface area contributed by atoms with Crippen molar-refractivity contribution in [3.05, 3.63) is 90.5 Å². The molecule has 3 rings (SSSR count). The van der Waals surface area contributed by atoms with Gasteiger partial charge < -0.3 is 10.1 Å². The van der Waals surface area contributed by atoms with E-state index in [-0.39, 0.29) is 5.97 Å². The van der Waals surface area contributed by atoms with E-state index in [1.54, 1.807) is 10.4 Å². The average molecular weight is 446 g/mol.